The molecule has 2 saturated heterocycles. The molecule has 7 nitrogen and oxygen atoms in total. The van der Waals surface area contributed by atoms with E-state index in [2.05, 4.69) is 0 Å². The number of halogens is 1. The van der Waals surface area contributed by atoms with Gasteiger partial charge in [0.2, 0.25) is 15.9 Å². The number of nitrogens with zero attached hydrogens (tertiary/aromatic N) is 3. The summed E-state index contributed by atoms with van der Waals surface area (Å²) in [7, 11) is -3.61. The van der Waals surface area contributed by atoms with Crippen molar-refractivity contribution in [2.75, 3.05) is 45.0 Å². The van der Waals surface area contributed by atoms with Crippen molar-refractivity contribution in [3.63, 3.8) is 0 Å². The first-order valence-electron chi connectivity index (χ1n) is 8.33. The van der Waals surface area contributed by atoms with E-state index in [0.29, 0.717) is 31.2 Å². The third-order valence-electron chi connectivity index (χ3n) is 4.47. The minimum absolute atomic E-state index is 0.0234. The highest BCUT2D eigenvalue weighted by atomic mass is 35.5. The Kier molecular flexibility index (Phi) is 6.11. The summed E-state index contributed by atoms with van der Waals surface area (Å²) in [6, 6.07) is 6.18. The molecule has 1 aromatic rings. The number of hydrogen-bond acceptors (Lipinski definition) is 5. The highest BCUT2D eigenvalue weighted by molar-refractivity contribution is 8.13. The van der Waals surface area contributed by atoms with Crippen molar-refractivity contribution in [1.29, 1.82) is 0 Å². The lowest BCUT2D eigenvalue weighted by atomic mass is 10.3. The molecule has 0 bridgehead atoms. The van der Waals surface area contributed by atoms with Gasteiger partial charge in [0.05, 0.1) is 4.90 Å². The summed E-state index contributed by atoms with van der Waals surface area (Å²) >= 11 is 7.16. The first-order valence-corrected chi connectivity index (χ1v) is 11.1. The summed E-state index contributed by atoms with van der Waals surface area (Å²) in [5, 5.41) is 0.393. The van der Waals surface area contributed by atoms with Crippen molar-refractivity contribution in [3.8, 4) is 0 Å². The lowest BCUT2D eigenvalue weighted by Crippen LogP contribution is -2.50. The summed E-state index contributed by atoms with van der Waals surface area (Å²) < 4.78 is 26.7. The van der Waals surface area contributed by atoms with Crippen molar-refractivity contribution in [2.45, 2.75) is 11.3 Å². The maximum absolute atomic E-state index is 12.7. The van der Waals surface area contributed by atoms with Gasteiger partial charge in [0, 0.05) is 56.5 Å². The van der Waals surface area contributed by atoms with E-state index in [1.54, 1.807) is 21.9 Å². The van der Waals surface area contributed by atoms with Gasteiger partial charge in [-0.3, -0.25) is 9.59 Å². The second-order valence-corrected chi connectivity index (χ2v) is 9.51. The maximum Gasteiger partial charge on any atom is 0.281 e. The molecule has 0 atom stereocenters. The van der Waals surface area contributed by atoms with Crippen LogP contribution in [-0.4, -0.2) is 78.7 Å². The van der Waals surface area contributed by atoms with E-state index in [1.165, 1.54) is 28.2 Å². The summed E-state index contributed by atoms with van der Waals surface area (Å²) in [6.07, 6.45) is 0.271. The number of piperazine rings is 1. The highest BCUT2D eigenvalue weighted by Gasteiger charge is 2.30. The van der Waals surface area contributed by atoms with Crippen LogP contribution in [0.4, 0.5) is 4.79 Å². The van der Waals surface area contributed by atoms with Gasteiger partial charge < -0.3 is 9.80 Å². The molecule has 0 saturated carbocycles. The van der Waals surface area contributed by atoms with Crippen LogP contribution in [0.15, 0.2) is 29.2 Å². The molecule has 2 aliphatic heterocycles. The Morgan fingerprint density at radius 2 is 1.88 bits per heavy atom. The van der Waals surface area contributed by atoms with Gasteiger partial charge in [0.25, 0.3) is 5.24 Å². The number of thioether (sulfide) groups is 1. The van der Waals surface area contributed by atoms with Gasteiger partial charge >= 0.3 is 0 Å². The zero-order valence-electron chi connectivity index (χ0n) is 14.1. The zero-order chi connectivity index (χ0) is 18.7. The standard InChI is InChI=1S/C16H20ClN3O4S2/c17-13-2-1-3-14(12-13)26(23,24)20-8-6-18(7-9-20)15(21)4-5-19-10-11-25-16(19)22/h1-3,12H,4-11H2. The molecule has 0 aliphatic carbocycles. The molecule has 2 amide bonds. The van der Waals surface area contributed by atoms with Crippen LogP contribution in [0.2, 0.25) is 5.02 Å². The van der Waals surface area contributed by atoms with Crippen LogP contribution in [0, 0.1) is 0 Å². The first kappa shape index (κ1) is 19.5. The number of sulfonamides is 1. The van der Waals surface area contributed by atoms with Crippen LogP contribution in [0.25, 0.3) is 0 Å². The molecule has 2 aliphatic rings. The Labute approximate surface area is 162 Å². The monoisotopic (exact) mass is 417 g/mol. The smallest absolute Gasteiger partial charge is 0.281 e. The maximum atomic E-state index is 12.7. The fraction of sp³-hybridized carbons (Fsp3) is 0.500. The van der Waals surface area contributed by atoms with E-state index in [-0.39, 0.29) is 35.6 Å². The predicted octanol–water partition coefficient (Wildman–Crippen LogP) is 1.73. The van der Waals surface area contributed by atoms with E-state index in [4.69, 9.17) is 11.6 Å². The Hall–Kier alpha value is -1.29. The molecule has 1 aromatic carbocycles. The number of carbonyl (C=O) groups is 2. The van der Waals surface area contributed by atoms with Gasteiger partial charge in [0.15, 0.2) is 0 Å². The number of carbonyl (C=O) groups excluding carboxylic acids is 2. The molecule has 0 unspecified atom stereocenters. The van der Waals surface area contributed by atoms with Crippen LogP contribution in [-0.2, 0) is 14.8 Å². The molecule has 0 aromatic heterocycles. The number of benzene rings is 1. The van der Waals surface area contributed by atoms with Crippen molar-refractivity contribution in [1.82, 2.24) is 14.1 Å². The van der Waals surface area contributed by atoms with Gasteiger partial charge in [-0.25, -0.2) is 8.42 Å². The molecule has 2 heterocycles. The van der Waals surface area contributed by atoms with Gasteiger partial charge in [-0.2, -0.15) is 4.31 Å². The van der Waals surface area contributed by atoms with Crippen LogP contribution in [0.3, 0.4) is 0 Å². The van der Waals surface area contributed by atoms with Crippen LogP contribution < -0.4 is 0 Å². The fourth-order valence-corrected chi connectivity index (χ4v) is 5.55. The second-order valence-electron chi connectivity index (χ2n) is 6.09. The minimum Gasteiger partial charge on any atom is -0.340 e. The van der Waals surface area contributed by atoms with Crippen LogP contribution in [0.1, 0.15) is 6.42 Å². The Morgan fingerprint density at radius 3 is 2.50 bits per heavy atom. The van der Waals surface area contributed by atoms with Gasteiger partial charge in [-0.1, -0.05) is 29.4 Å². The minimum atomic E-state index is -3.61. The molecule has 142 valence electrons. The largest absolute Gasteiger partial charge is 0.340 e. The number of rotatable bonds is 5. The Morgan fingerprint density at radius 1 is 1.15 bits per heavy atom. The molecular weight excluding hydrogens is 398 g/mol. The van der Waals surface area contributed by atoms with Gasteiger partial charge in [-0.05, 0) is 18.2 Å². The van der Waals surface area contributed by atoms with Crippen molar-refractivity contribution < 1.29 is 18.0 Å². The lowest BCUT2D eigenvalue weighted by molar-refractivity contribution is -0.132. The molecule has 0 spiro atoms. The lowest BCUT2D eigenvalue weighted by Gasteiger charge is -2.34. The molecule has 2 fully saturated rings. The first-order chi connectivity index (χ1) is 12.4. The average Bonchev–Trinajstić information content (AvgIpc) is 3.05. The fourth-order valence-electron chi connectivity index (χ4n) is 2.97. The SMILES string of the molecule is O=C(CCN1CCSC1=O)N1CCN(S(=O)(=O)c2cccc(Cl)c2)CC1. The van der Waals surface area contributed by atoms with E-state index >= 15 is 0 Å². The topological polar surface area (TPSA) is 78.0 Å². The van der Waals surface area contributed by atoms with E-state index < -0.39 is 10.0 Å². The normalized spacial score (nSPS) is 19.2. The van der Waals surface area contributed by atoms with Crippen LogP contribution in [0.5, 0.6) is 0 Å². The number of hydrogen-bond donors (Lipinski definition) is 0. The van der Waals surface area contributed by atoms with Gasteiger partial charge in [0.1, 0.15) is 0 Å². The zero-order valence-corrected chi connectivity index (χ0v) is 16.5. The molecule has 26 heavy (non-hydrogen) atoms. The van der Waals surface area contributed by atoms with Crippen molar-refractivity contribution >= 4 is 44.5 Å². The number of amides is 2. The third kappa shape index (κ3) is 4.33. The highest BCUT2D eigenvalue weighted by Crippen LogP contribution is 2.21. The second kappa shape index (κ2) is 8.16. The summed E-state index contributed by atoms with van der Waals surface area (Å²) in [5.41, 5.74) is 0. The van der Waals surface area contributed by atoms with Crippen molar-refractivity contribution in [2.24, 2.45) is 0 Å². The van der Waals surface area contributed by atoms with E-state index in [9.17, 15) is 18.0 Å². The summed E-state index contributed by atoms with van der Waals surface area (Å²) in [6.45, 7) is 2.30. The molecular formula is C16H20ClN3O4S2. The molecule has 10 heteroatoms. The third-order valence-corrected chi connectivity index (χ3v) is 7.49. The molecule has 0 N–H and O–H groups in total. The van der Waals surface area contributed by atoms with Crippen molar-refractivity contribution in [3.05, 3.63) is 29.3 Å². The quantitative estimate of drug-likeness (QED) is 0.729. The molecule has 0 radical (unpaired) electrons. The van der Waals surface area contributed by atoms with Crippen LogP contribution >= 0.6 is 23.4 Å². The molecule has 3 rings (SSSR count). The Bertz CT molecular complexity index is 794. The predicted molar refractivity (Wildman–Crippen MR) is 101 cm³/mol. The van der Waals surface area contributed by atoms with Gasteiger partial charge in [-0.15, -0.1) is 0 Å². The summed E-state index contributed by atoms with van der Waals surface area (Å²) in [5.74, 6) is 0.724. The Balaban J connectivity index is 1.53. The average molecular weight is 418 g/mol. The van der Waals surface area contributed by atoms with E-state index in [1.807, 2.05) is 0 Å². The van der Waals surface area contributed by atoms with E-state index in [0.717, 1.165) is 5.75 Å². The summed E-state index contributed by atoms with van der Waals surface area (Å²) in [4.78, 5) is 27.4.